The molecule has 0 unspecified atom stereocenters. The molecular weight excluding hydrogens is 592 g/mol. The molecule has 2 rings (SSSR count). The average molecular weight is 622 g/mol. The Bertz CT molecular complexity index is 344. The van der Waals surface area contributed by atoms with Crippen molar-refractivity contribution in [1.29, 1.82) is 0 Å². The van der Waals surface area contributed by atoms with Crippen LogP contribution < -0.4 is 0 Å². The van der Waals surface area contributed by atoms with Gasteiger partial charge in [-0.15, -0.1) is 0 Å². The molecule has 0 aromatic heterocycles. The van der Waals surface area contributed by atoms with E-state index in [1.165, 1.54) is 25.7 Å². The fraction of sp³-hybridized carbons (Fsp3) is 0.941. The van der Waals surface area contributed by atoms with E-state index in [2.05, 4.69) is 6.92 Å². The van der Waals surface area contributed by atoms with E-state index < -0.39 is 5.60 Å². The van der Waals surface area contributed by atoms with Gasteiger partial charge in [-0.25, -0.2) is 0 Å². The Balaban J connectivity index is -0.000001000. The number of hydrogen-bond donors (Lipinski definition) is 1. The van der Waals surface area contributed by atoms with Crippen LogP contribution >= 0.6 is 0 Å². The molecule has 0 heterocycles. The average Bonchev–Trinajstić information content (AvgIpc) is 2.62. The second-order valence-corrected chi connectivity index (χ2v) is 7.71. The first-order chi connectivity index (χ1) is 8.83. The quantitative estimate of drug-likeness (QED) is 0.470. The molecule has 0 saturated heterocycles. The summed E-state index contributed by atoms with van der Waals surface area (Å²) in [6.45, 7) is 6.14. The largest absolute Gasteiger partial charge is 0.390 e. The van der Waals surface area contributed by atoms with Gasteiger partial charge >= 0.3 is 0 Å². The van der Waals surface area contributed by atoms with Gasteiger partial charge < -0.3 is 5.11 Å². The smallest absolute Gasteiger partial charge is 0.136 e. The molecule has 1 N–H and O–H groups in total. The summed E-state index contributed by atoms with van der Waals surface area (Å²) in [7, 11) is 0. The van der Waals surface area contributed by atoms with Crippen molar-refractivity contribution in [3.05, 3.63) is 0 Å². The van der Waals surface area contributed by atoms with E-state index in [1.807, 2.05) is 13.8 Å². The maximum Gasteiger partial charge on any atom is 0.136 e. The zero-order valence-corrected chi connectivity index (χ0v) is 26.5. The summed E-state index contributed by atoms with van der Waals surface area (Å²) in [6.07, 6.45) is 9.99. The number of carbonyl (C=O) groups is 1. The Labute approximate surface area is 243 Å². The number of hydrogen-bond acceptors (Lipinski definition) is 2. The van der Waals surface area contributed by atoms with Crippen molar-refractivity contribution in [2.75, 3.05) is 0 Å². The summed E-state index contributed by atoms with van der Waals surface area (Å²) in [4.78, 5) is 12.1. The molecule has 6 heteroatoms. The van der Waals surface area contributed by atoms with E-state index in [9.17, 15) is 9.90 Å². The normalized spacial score (nSPS) is 29.3. The van der Waals surface area contributed by atoms with Crippen molar-refractivity contribution < 1.29 is 141 Å². The molecule has 0 spiro atoms. The minimum Gasteiger partial charge on any atom is -0.390 e. The molecule has 0 bridgehead atoms. The van der Waals surface area contributed by atoms with Crippen LogP contribution in [0.2, 0.25) is 0 Å². The number of fused-ring (bicyclic) bond motifs is 1. The van der Waals surface area contributed by atoms with Crippen LogP contribution in [0.4, 0.5) is 0 Å². The molecule has 3 atom stereocenters. The third-order valence-electron chi connectivity index (χ3n) is 5.65. The Hall–Kier alpha value is 4.05. The van der Waals surface area contributed by atoms with Crippen LogP contribution in [0.5, 0.6) is 0 Å². The van der Waals surface area contributed by atoms with Crippen molar-refractivity contribution in [2.24, 2.45) is 17.3 Å². The molecule has 2 nitrogen and oxygen atoms in total. The van der Waals surface area contributed by atoms with E-state index in [0.717, 1.165) is 38.0 Å². The topological polar surface area (TPSA) is 37.3 Å². The van der Waals surface area contributed by atoms with Crippen molar-refractivity contribution in [3.8, 4) is 0 Å². The number of Topliss-reactive ketones (excluding diaryl/α,β-unsaturated/α-hetero) is 1. The monoisotopic (exact) mass is 622 g/mol. The van der Waals surface area contributed by atoms with Crippen LogP contribution in [0.1, 0.15) is 78.6 Å². The minimum absolute atomic E-state index is 0. The summed E-state index contributed by atoms with van der Waals surface area (Å²) >= 11 is 0. The van der Waals surface area contributed by atoms with Gasteiger partial charge in [-0.2, -0.15) is 0 Å². The molecule has 2 fully saturated rings. The molecule has 2 saturated carbocycles. The van der Waals surface area contributed by atoms with Crippen LogP contribution in [0.25, 0.3) is 0 Å². The van der Waals surface area contributed by atoms with Gasteiger partial charge in [0.05, 0.1) is 5.60 Å². The van der Waals surface area contributed by atoms with Crippen LogP contribution in [0, 0.1) is 17.3 Å². The van der Waals surface area contributed by atoms with Gasteiger partial charge in [0.1, 0.15) is 5.78 Å². The van der Waals surface area contributed by atoms with E-state index in [4.69, 9.17) is 0 Å². The Morgan fingerprint density at radius 3 is 2.30 bits per heavy atom. The van der Waals surface area contributed by atoms with E-state index in [1.54, 1.807) is 0 Å². The molecule has 2 aliphatic rings. The summed E-state index contributed by atoms with van der Waals surface area (Å²) in [5, 5.41) is 9.74. The number of ketones is 1. The molecule has 0 aromatic carbocycles. The fourth-order valence-corrected chi connectivity index (χ4v) is 4.46. The molecule has 4 radical (unpaired) electrons. The van der Waals surface area contributed by atoms with Crippen LogP contribution in [0.15, 0.2) is 0 Å². The first kappa shape index (κ1) is 31.7. The zero-order valence-electron chi connectivity index (χ0n) is 15.2. The predicted molar refractivity (Wildman–Crippen MR) is 77.9 cm³/mol. The Morgan fingerprint density at radius 2 is 1.74 bits per heavy atom. The van der Waals surface area contributed by atoms with Gasteiger partial charge in [0.15, 0.2) is 0 Å². The Morgan fingerprint density at radius 1 is 1.13 bits per heavy atom. The summed E-state index contributed by atoms with van der Waals surface area (Å²) in [5.41, 5.74) is -0.229. The maximum atomic E-state index is 12.1. The summed E-state index contributed by atoms with van der Waals surface area (Å²) in [6, 6.07) is 0. The van der Waals surface area contributed by atoms with Crippen molar-refractivity contribution in [3.63, 3.8) is 0 Å². The molecule has 0 aliphatic heterocycles. The van der Waals surface area contributed by atoms with Crippen LogP contribution in [0.3, 0.4) is 0 Å². The van der Waals surface area contributed by atoms with E-state index in [-0.39, 0.29) is 131 Å². The SMILES string of the molecule is CC(C)(O)CCCC[C@H]1CC[C@H]2C(=O)CCC[C@]12C.[Y].[Y].[Y].[Y]. The first-order valence-corrected chi connectivity index (χ1v) is 8.08. The number of carbonyl (C=O) groups excluding carboxylic acids is 1. The molecule has 2 aliphatic carbocycles. The standard InChI is InChI=1S/C17H30O2.4Y/c1-16(2,19)11-5-4-7-13-9-10-14-15(18)8-6-12-17(13,14)3;;;;/h13-14,19H,4-12H2,1-3H3;;;;/t13-,14-,17+;;;;/m0..../s1. The molecule has 122 valence electrons. The number of unbranched alkanes of at least 4 members (excludes halogenated alkanes) is 1. The van der Waals surface area contributed by atoms with Gasteiger partial charge in [0.25, 0.3) is 0 Å². The van der Waals surface area contributed by atoms with E-state index in [0.29, 0.717) is 17.1 Å². The molecule has 0 amide bonds. The van der Waals surface area contributed by atoms with Crippen molar-refractivity contribution in [1.82, 2.24) is 0 Å². The van der Waals surface area contributed by atoms with Crippen molar-refractivity contribution in [2.45, 2.75) is 84.2 Å². The van der Waals surface area contributed by atoms with Gasteiger partial charge in [-0.1, -0.05) is 19.8 Å². The second kappa shape index (κ2) is 14.1. The van der Waals surface area contributed by atoms with Gasteiger partial charge in [-0.05, 0) is 63.7 Å². The summed E-state index contributed by atoms with van der Waals surface area (Å²) in [5.74, 6) is 1.64. The van der Waals surface area contributed by atoms with Gasteiger partial charge in [0, 0.05) is 143 Å². The van der Waals surface area contributed by atoms with Crippen LogP contribution in [-0.4, -0.2) is 16.5 Å². The van der Waals surface area contributed by atoms with Gasteiger partial charge in [-0.3, -0.25) is 4.79 Å². The molecule has 0 aromatic rings. The van der Waals surface area contributed by atoms with Gasteiger partial charge in [0.2, 0.25) is 0 Å². The fourth-order valence-electron chi connectivity index (χ4n) is 4.46. The number of aliphatic hydroxyl groups is 1. The third-order valence-corrected chi connectivity index (χ3v) is 5.65. The minimum atomic E-state index is -0.525. The second-order valence-electron chi connectivity index (χ2n) is 7.71. The van der Waals surface area contributed by atoms with Crippen LogP contribution in [-0.2, 0) is 136 Å². The number of rotatable bonds is 5. The zero-order chi connectivity index (χ0) is 14.1. The molecular formula is C17H30O2Y4. The predicted octanol–water partition coefficient (Wildman–Crippen LogP) is 4.09. The Kier molecular flexibility index (Phi) is 19.4. The maximum absolute atomic E-state index is 12.1. The first-order valence-electron chi connectivity index (χ1n) is 8.08. The van der Waals surface area contributed by atoms with Crippen molar-refractivity contribution >= 4 is 5.78 Å². The van der Waals surface area contributed by atoms with E-state index >= 15 is 0 Å². The molecule has 23 heavy (non-hydrogen) atoms. The summed E-state index contributed by atoms with van der Waals surface area (Å²) < 4.78 is 0. The third kappa shape index (κ3) is 9.39.